The van der Waals surface area contributed by atoms with Crippen LogP contribution in [0.15, 0.2) is 23.4 Å². The number of H-pyrrole nitrogens is 1. The minimum absolute atomic E-state index is 0.144. The lowest BCUT2D eigenvalue weighted by molar-refractivity contribution is -0.139. The third-order valence-electron chi connectivity index (χ3n) is 2.80. The molecule has 0 aliphatic heterocycles. The number of carbonyl (C=O) groups excluding carboxylic acids is 1. The molecule has 0 saturated carbocycles. The van der Waals surface area contributed by atoms with Crippen molar-refractivity contribution >= 4 is 23.3 Å². The number of aliphatic carboxylic acids is 1. The molecule has 2 heterocycles. The number of urea groups is 1. The fraction of sp³-hybridized carbons (Fsp3) is 0.333. The lowest BCUT2D eigenvalue weighted by atomic mass is 10.1. The number of imidazole rings is 1. The van der Waals surface area contributed by atoms with Gasteiger partial charge in [0.15, 0.2) is 0 Å². The molecule has 3 N–H and O–H groups in total. The molecular formula is C12H15N5O3S. The van der Waals surface area contributed by atoms with Crippen LogP contribution >= 0.6 is 11.3 Å². The van der Waals surface area contributed by atoms with E-state index < -0.39 is 18.0 Å². The van der Waals surface area contributed by atoms with Gasteiger partial charge in [-0.15, -0.1) is 11.3 Å². The van der Waals surface area contributed by atoms with Gasteiger partial charge in [0.2, 0.25) is 0 Å². The maximum Gasteiger partial charge on any atom is 0.326 e. The van der Waals surface area contributed by atoms with Crippen LogP contribution in [0.3, 0.4) is 0 Å². The van der Waals surface area contributed by atoms with E-state index in [9.17, 15) is 14.7 Å². The van der Waals surface area contributed by atoms with Crippen molar-refractivity contribution < 1.29 is 14.7 Å². The molecule has 0 spiro atoms. The molecule has 2 aromatic rings. The second kappa shape index (κ2) is 6.84. The molecule has 0 aromatic carbocycles. The summed E-state index contributed by atoms with van der Waals surface area (Å²) >= 11 is 1.44. The molecular weight excluding hydrogens is 294 g/mol. The first kappa shape index (κ1) is 15.0. The Labute approximate surface area is 124 Å². The molecule has 112 valence electrons. The normalized spacial score (nSPS) is 11.9. The highest BCUT2D eigenvalue weighted by Gasteiger charge is 2.22. The van der Waals surface area contributed by atoms with Crippen molar-refractivity contribution in [3.05, 3.63) is 34.8 Å². The van der Waals surface area contributed by atoms with Crippen molar-refractivity contribution in [1.29, 1.82) is 0 Å². The van der Waals surface area contributed by atoms with Crippen molar-refractivity contribution in [2.24, 2.45) is 0 Å². The van der Waals surface area contributed by atoms with Gasteiger partial charge in [0.05, 0.1) is 24.1 Å². The van der Waals surface area contributed by atoms with E-state index in [0.717, 1.165) is 5.69 Å². The minimum atomic E-state index is -1.10. The lowest BCUT2D eigenvalue weighted by Crippen LogP contribution is -2.47. The van der Waals surface area contributed by atoms with E-state index in [1.165, 1.54) is 28.8 Å². The number of carboxylic acid groups (broad SMARTS) is 1. The Bertz CT molecular complexity index is 584. The summed E-state index contributed by atoms with van der Waals surface area (Å²) in [6.45, 7) is 0.325. The molecule has 8 nitrogen and oxygen atoms in total. The maximum atomic E-state index is 12.0. The Morgan fingerprint density at radius 2 is 2.38 bits per heavy atom. The number of carbonyl (C=O) groups is 2. The van der Waals surface area contributed by atoms with Crippen LogP contribution in [0.1, 0.15) is 11.4 Å². The molecule has 0 aliphatic carbocycles. The van der Waals surface area contributed by atoms with E-state index in [1.807, 2.05) is 5.38 Å². The summed E-state index contributed by atoms with van der Waals surface area (Å²) in [5.41, 5.74) is 3.09. The quantitative estimate of drug-likeness (QED) is 0.727. The van der Waals surface area contributed by atoms with Crippen LogP contribution in [-0.4, -0.2) is 50.0 Å². The van der Waals surface area contributed by atoms with Gasteiger partial charge < -0.3 is 20.3 Å². The van der Waals surface area contributed by atoms with Crippen molar-refractivity contribution in [3.8, 4) is 0 Å². The van der Waals surface area contributed by atoms with Crippen LogP contribution in [0.2, 0.25) is 0 Å². The number of aromatic amines is 1. The summed E-state index contributed by atoms with van der Waals surface area (Å²) in [4.78, 5) is 35.3. The molecule has 0 unspecified atom stereocenters. The van der Waals surface area contributed by atoms with E-state index >= 15 is 0 Å². The summed E-state index contributed by atoms with van der Waals surface area (Å²) in [6.07, 6.45) is 3.14. The van der Waals surface area contributed by atoms with Gasteiger partial charge in [-0.25, -0.2) is 19.6 Å². The topological polar surface area (TPSA) is 111 Å². The number of thiazole rings is 1. The van der Waals surface area contributed by atoms with Crippen LogP contribution in [0, 0.1) is 0 Å². The summed E-state index contributed by atoms with van der Waals surface area (Å²) in [7, 11) is 1.59. The third-order valence-corrected chi connectivity index (χ3v) is 3.44. The number of nitrogens with zero attached hydrogens (tertiary/aromatic N) is 3. The molecule has 0 radical (unpaired) electrons. The van der Waals surface area contributed by atoms with Crippen molar-refractivity contribution in [3.63, 3.8) is 0 Å². The highest BCUT2D eigenvalue weighted by atomic mass is 32.1. The summed E-state index contributed by atoms with van der Waals surface area (Å²) in [5.74, 6) is -1.10. The molecule has 0 fully saturated rings. The fourth-order valence-electron chi connectivity index (χ4n) is 1.71. The first-order valence-corrected chi connectivity index (χ1v) is 7.09. The Morgan fingerprint density at radius 3 is 2.95 bits per heavy atom. The molecule has 1 atom stereocenters. The smallest absolute Gasteiger partial charge is 0.326 e. The van der Waals surface area contributed by atoms with Gasteiger partial charge in [-0.2, -0.15) is 0 Å². The monoisotopic (exact) mass is 309 g/mol. The van der Waals surface area contributed by atoms with Gasteiger partial charge in [-0.3, -0.25) is 0 Å². The molecule has 0 saturated heterocycles. The largest absolute Gasteiger partial charge is 0.480 e. The lowest BCUT2D eigenvalue weighted by Gasteiger charge is -2.20. The summed E-state index contributed by atoms with van der Waals surface area (Å²) in [5, 5.41) is 13.5. The molecule has 2 rings (SSSR count). The Hall–Kier alpha value is -2.42. The van der Waals surface area contributed by atoms with Crippen LogP contribution in [0.5, 0.6) is 0 Å². The molecule has 2 aromatic heterocycles. The highest BCUT2D eigenvalue weighted by molar-refractivity contribution is 7.07. The van der Waals surface area contributed by atoms with Gasteiger partial charge in [0.1, 0.15) is 6.04 Å². The number of nitrogens with one attached hydrogen (secondary N) is 2. The van der Waals surface area contributed by atoms with Crippen LogP contribution in [0.4, 0.5) is 4.79 Å². The fourth-order valence-corrected chi connectivity index (χ4v) is 2.26. The van der Waals surface area contributed by atoms with Crippen molar-refractivity contribution in [2.75, 3.05) is 7.05 Å². The van der Waals surface area contributed by atoms with Crippen LogP contribution < -0.4 is 5.32 Å². The first-order chi connectivity index (χ1) is 10.1. The second-order valence-corrected chi connectivity index (χ2v) is 5.18. The first-order valence-electron chi connectivity index (χ1n) is 6.15. The minimum Gasteiger partial charge on any atom is -0.480 e. The molecule has 9 heteroatoms. The van der Waals surface area contributed by atoms with Gasteiger partial charge in [-0.05, 0) is 0 Å². The number of carboxylic acids is 1. The molecule has 2 amide bonds. The SMILES string of the molecule is CN(Cc1cscn1)C(=O)N[C@H](Cc1cnc[nH]1)C(=O)O. The number of aromatic nitrogens is 3. The van der Waals surface area contributed by atoms with E-state index in [-0.39, 0.29) is 6.42 Å². The highest BCUT2D eigenvalue weighted by Crippen LogP contribution is 2.05. The maximum absolute atomic E-state index is 12.0. The van der Waals surface area contributed by atoms with Crippen molar-refractivity contribution in [1.82, 2.24) is 25.2 Å². The predicted octanol–water partition coefficient (Wildman–Crippen LogP) is 0.704. The summed E-state index contributed by atoms with van der Waals surface area (Å²) in [6, 6.07) is -1.48. The Balaban J connectivity index is 1.92. The number of amides is 2. The van der Waals surface area contributed by atoms with Gasteiger partial charge in [0, 0.05) is 30.7 Å². The summed E-state index contributed by atoms with van der Waals surface area (Å²) < 4.78 is 0. The second-order valence-electron chi connectivity index (χ2n) is 4.46. The molecule has 0 aliphatic rings. The number of hydrogen-bond acceptors (Lipinski definition) is 5. The van der Waals surface area contributed by atoms with Crippen molar-refractivity contribution in [2.45, 2.75) is 19.0 Å². The zero-order valence-electron chi connectivity index (χ0n) is 11.3. The van der Waals surface area contributed by atoms with Crippen LogP contribution in [0.25, 0.3) is 0 Å². The van der Waals surface area contributed by atoms with Crippen LogP contribution in [-0.2, 0) is 17.8 Å². The van der Waals surface area contributed by atoms with Gasteiger partial charge in [0.25, 0.3) is 0 Å². The van der Waals surface area contributed by atoms with E-state index in [4.69, 9.17) is 0 Å². The Morgan fingerprint density at radius 1 is 1.57 bits per heavy atom. The number of rotatable bonds is 6. The average molecular weight is 309 g/mol. The molecule has 0 bridgehead atoms. The third kappa shape index (κ3) is 4.28. The number of hydrogen-bond donors (Lipinski definition) is 3. The van der Waals surface area contributed by atoms with E-state index in [0.29, 0.717) is 12.2 Å². The standard InChI is InChI=1S/C12H15N5O3S/c1-17(4-9-5-21-7-15-9)12(20)16-10(11(18)19)2-8-3-13-6-14-8/h3,5-7,10H,2,4H2,1H3,(H,13,14)(H,16,20)(H,18,19)/t10-/m1/s1. The van der Waals surface area contributed by atoms with Gasteiger partial charge in [-0.1, -0.05) is 0 Å². The predicted molar refractivity (Wildman–Crippen MR) is 75.8 cm³/mol. The van der Waals surface area contributed by atoms with Gasteiger partial charge >= 0.3 is 12.0 Å². The zero-order valence-corrected chi connectivity index (χ0v) is 12.1. The van der Waals surface area contributed by atoms with E-state index in [2.05, 4.69) is 20.3 Å². The van der Waals surface area contributed by atoms with E-state index in [1.54, 1.807) is 12.6 Å². The zero-order chi connectivity index (χ0) is 15.2. The average Bonchev–Trinajstić information content (AvgIpc) is 3.10. The Kier molecular flexibility index (Phi) is 4.88. The molecule has 21 heavy (non-hydrogen) atoms.